The van der Waals surface area contributed by atoms with Crippen LogP contribution >= 0.6 is 11.3 Å². The van der Waals surface area contributed by atoms with E-state index in [4.69, 9.17) is 10.7 Å². The second-order valence-electron chi connectivity index (χ2n) is 8.90. The number of aryl methyl sites for hydroxylation is 1. The van der Waals surface area contributed by atoms with Gasteiger partial charge in [-0.25, -0.2) is 19.7 Å². The van der Waals surface area contributed by atoms with E-state index in [-0.39, 0.29) is 0 Å². The Kier molecular flexibility index (Phi) is 6.33. The smallest absolute Gasteiger partial charge is 0.407 e. The molecule has 0 spiro atoms. The number of thiophene rings is 1. The van der Waals surface area contributed by atoms with Crippen molar-refractivity contribution in [2.45, 2.75) is 45.7 Å². The average Bonchev–Trinajstić information content (AvgIpc) is 3.37. The van der Waals surface area contributed by atoms with Crippen LogP contribution in [0, 0.1) is 0 Å². The zero-order valence-electron chi connectivity index (χ0n) is 19.0. The third kappa shape index (κ3) is 4.83. The molecule has 0 fully saturated rings. The molecule has 8 nitrogen and oxygen atoms in total. The molecule has 3 aromatic heterocycles. The molecule has 0 aliphatic rings. The second-order valence-corrected chi connectivity index (χ2v) is 9.93. The second kappa shape index (κ2) is 9.19. The topological polar surface area (TPSA) is 110 Å². The molecule has 1 amide bonds. The fourth-order valence-corrected chi connectivity index (χ4v) is 4.95. The molecule has 4 aromatic rings. The highest BCUT2D eigenvalue weighted by molar-refractivity contribution is 7.21. The average molecular weight is 465 g/mol. The van der Waals surface area contributed by atoms with Crippen molar-refractivity contribution in [3.8, 4) is 21.8 Å². The maximum absolute atomic E-state index is 11.6. The molecule has 4 rings (SSSR count). The van der Waals surface area contributed by atoms with E-state index < -0.39 is 11.6 Å². The van der Waals surface area contributed by atoms with E-state index in [1.807, 2.05) is 63.5 Å². The number of carboxylic acid groups (broad SMARTS) is 1. The Morgan fingerprint density at radius 1 is 1.15 bits per heavy atom. The number of carbonyl (C=O) groups is 1. The van der Waals surface area contributed by atoms with Crippen LogP contribution < -0.4 is 5.73 Å². The largest absolute Gasteiger partial charge is 0.465 e. The van der Waals surface area contributed by atoms with Crippen molar-refractivity contribution in [2.24, 2.45) is 0 Å². The number of hydrogen-bond donors (Lipinski definition) is 2. The number of nitrogens with zero attached hydrogens (tertiary/aromatic N) is 5. The van der Waals surface area contributed by atoms with Gasteiger partial charge in [0.15, 0.2) is 0 Å². The molecular weight excluding hydrogens is 436 g/mol. The lowest BCUT2D eigenvalue weighted by Crippen LogP contribution is -2.45. The third-order valence-electron chi connectivity index (χ3n) is 5.55. The summed E-state index contributed by atoms with van der Waals surface area (Å²) in [6, 6.07) is 12.1. The Balaban J connectivity index is 1.63. The van der Waals surface area contributed by atoms with Gasteiger partial charge in [0.05, 0.1) is 28.0 Å². The number of fused-ring (bicyclic) bond motifs is 1. The van der Waals surface area contributed by atoms with Gasteiger partial charge >= 0.3 is 6.09 Å². The summed E-state index contributed by atoms with van der Waals surface area (Å²) < 4.78 is 2.14. The first-order chi connectivity index (χ1) is 15.8. The van der Waals surface area contributed by atoms with Gasteiger partial charge in [0, 0.05) is 24.2 Å². The first-order valence-corrected chi connectivity index (χ1v) is 11.7. The Bertz CT molecular complexity index is 1260. The number of hydrogen-bond acceptors (Lipinski definition) is 6. The standard InChI is InChI=1S/C24H28N6O2S/c1-24(2,3)30(23(31)32)12-8-7-11-29-15-28-19(16-9-5-4-6-10-16)20(29)18-13-17-21(25)26-14-27-22(17)33-18/h4-6,9-10,13-15H,7-8,11-12H2,1-3H3,(H,31,32)(H2,25,26,27). The van der Waals surface area contributed by atoms with Crippen molar-refractivity contribution in [3.63, 3.8) is 0 Å². The van der Waals surface area contributed by atoms with Crippen LogP contribution in [0.5, 0.6) is 0 Å². The fraction of sp³-hybridized carbons (Fsp3) is 0.333. The summed E-state index contributed by atoms with van der Waals surface area (Å²) >= 11 is 1.57. The molecule has 0 bridgehead atoms. The van der Waals surface area contributed by atoms with Gasteiger partial charge in [0.25, 0.3) is 0 Å². The molecule has 0 saturated heterocycles. The molecule has 0 saturated carbocycles. The lowest BCUT2D eigenvalue weighted by Gasteiger charge is -2.33. The summed E-state index contributed by atoms with van der Waals surface area (Å²) in [4.78, 5) is 28.2. The molecule has 9 heteroatoms. The summed E-state index contributed by atoms with van der Waals surface area (Å²) in [6.45, 7) is 6.96. The van der Waals surface area contributed by atoms with Crippen molar-refractivity contribution in [1.29, 1.82) is 0 Å². The number of aromatic nitrogens is 4. The van der Waals surface area contributed by atoms with E-state index in [1.165, 1.54) is 11.2 Å². The van der Waals surface area contributed by atoms with Crippen LogP contribution in [0.1, 0.15) is 33.6 Å². The molecule has 0 aliphatic heterocycles. The van der Waals surface area contributed by atoms with E-state index in [1.54, 1.807) is 11.3 Å². The van der Waals surface area contributed by atoms with Crippen LogP contribution in [0.25, 0.3) is 32.0 Å². The maximum atomic E-state index is 11.6. The van der Waals surface area contributed by atoms with Gasteiger partial charge in [-0.05, 0) is 39.7 Å². The van der Waals surface area contributed by atoms with Gasteiger partial charge in [-0.2, -0.15) is 0 Å². The molecule has 33 heavy (non-hydrogen) atoms. The first kappa shape index (κ1) is 22.7. The van der Waals surface area contributed by atoms with Crippen LogP contribution in [0.4, 0.5) is 10.6 Å². The lowest BCUT2D eigenvalue weighted by atomic mass is 10.1. The fourth-order valence-electron chi connectivity index (χ4n) is 3.88. The van der Waals surface area contributed by atoms with Crippen LogP contribution in [0.2, 0.25) is 0 Å². The first-order valence-electron chi connectivity index (χ1n) is 10.9. The van der Waals surface area contributed by atoms with E-state index in [0.717, 1.165) is 51.4 Å². The normalized spacial score (nSPS) is 11.7. The van der Waals surface area contributed by atoms with Crippen LogP contribution in [0.15, 0.2) is 49.1 Å². The number of nitrogen functional groups attached to an aromatic ring is 1. The van der Waals surface area contributed by atoms with Gasteiger partial charge in [-0.1, -0.05) is 30.3 Å². The quantitative estimate of drug-likeness (QED) is 0.356. The Morgan fingerprint density at radius 3 is 2.58 bits per heavy atom. The number of anilines is 1. The van der Waals surface area contributed by atoms with Crippen molar-refractivity contribution in [3.05, 3.63) is 49.1 Å². The van der Waals surface area contributed by atoms with Crippen LogP contribution in [-0.4, -0.2) is 47.7 Å². The SMILES string of the molecule is CC(C)(C)N(CCCCn1cnc(-c2ccccc2)c1-c1cc2c(N)ncnc2s1)C(=O)O. The van der Waals surface area contributed by atoms with Gasteiger partial charge in [-0.15, -0.1) is 11.3 Å². The number of imidazole rings is 1. The summed E-state index contributed by atoms with van der Waals surface area (Å²) in [7, 11) is 0. The van der Waals surface area contributed by atoms with E-state index in [9.17, 15) is 9.90 Å². The molecule has 172 valence electrons. The predicted molar refractivity (Wildman–Crippen MR) is 132 cm³/mol. The summed E-state index contributed by atoms with van der Waals surface area (Å²) in [5.41, 5.74) is 8.59. The van der Waals surface area contributed by atoms with E-state index >= 15 is 0 Å². The number of benzene rings is 1. The van der Waals surface area contributed by atoms with Crippen LogP contribution in [-0.2, 0) is 6.54 Å². The predicted octanol–water partition coefficient (Wildman–Crippen LogP) is 5.36. The minimum Gasteiger partial charge on any atom is -0.465 e. The van der Waals surface area contributed by atoms with Gasteiger partial charge < -0.3 is 20.3 Å². The minimum atomic E-state index is -0.888. The Morgan fingerprint density at radius 2 is 1.91 bits per heavy atom. The molecule has 0 atom stereocenters. The summed E-state index contributed by atoms with van der Waals surface area (Å²) in [6.07, 6.45) is 4.03. The van der Waals surface area contributed by atoms with Gasteiger partial charge in [-0.3, -0.25) is 0 Å². The zero-order valence-corrected chi connectivity index (χ0v) is 19.8. The van der Waals surface area contributed by atoms with Crippen molar-refractivity contribution >= 4 is 33.5 Å². The van der Waals surface area contributed by atoms with Crippen molar-refractivity contribution < 1.29 is 9.90 Å². The highest BCUT2D eigenvalue weighted by Crippen LogP contribution is 2.39. The highest BCUT2D eigenvalue weighted by atomic mass is 32.1. The molecule has 0 radical (unpaired) electrons. The van der Waals surface area contributed by atoms with Gasteiger partial charge in [0.2, 0.25) is 0 Å². The molecule has 0 unspecified atom stereocenters. The molecule has 3 heterocycles. The Hall–Kier alpha value is -3.46. The number of rotatable bonds is 7. The van der Waals surface area contributed by atoms with E-state index in [0.29, 0.717) is 12.4 Å². The highest BCUT2D eigenvalue weighted by Gasteiger charge is 2.25. The lowest BCUT2D eigenvalue weighted by molar-refractivity contribution is 0.0989. The van der Waals surface area contributed by atoms with Gasteiger partial charge in [0.1, 0.15) is 17.0 Å². The number of nitrogens with two attached hydrogens (primary N) is 1. The summed E-state index contributed by atoms with van der Waals surface area (Å²) in [5.74, 6) is 0.464. The Labute approximate surface area is 196 Å². The zero-order chi connectivity index (χ0) is 23.6. The molecule has 0 aliphatic carbocycles. The minimum absolute atomic E-state index is 0.426. The molecule has 3 N–H and O–H groups in total. The monoisotopic (exact) mass is 464 g/mol. The maximum Gasteiger partial charge on any atom is 0.407 e. The van der Waals surface area contributed by atoms with E-state index in [2.05, 4.69) is 14.5 Å². The van der Waals surface area contributed by atoms with Crippen LogP contribution in [0.3, 0.4) is 0 Å². The number of unbranched alkanes of at least 4 members (excludes halogenated alkanes) is 1. The summed E-state index contributed by atoms with van der Waals surface area (Å²) in [5, 5.41) is 10.4. The molecule has 1 aromatic carbocycles. The third-order valence-corrected chi connectivity index (χ3v) is 6.60. The number of amides is 1. The van der Waals surface area contributed by atoms with Crippen molar-refractivity contribution in [1.82, 2.24) is 24.4 Å². The molecular formula is C24H28N6O2S. The van der Waals surface area contributed by atoms with Crippen molar-refractivity contribution in [2.75, 3.05) is 12.3 Å².